The second-order valence-electron chi connectivity index (χ2n) is 13.9. The Bertz CT molecular complexity index is 1160. The van der Waals surface area contributed by atoms with Gasteiger partial charge in [-0.15, -0.1) is 11.8 Å². The highest BCUT2D eigenvalue weighted by atomic mass is 32.2. The number of hydrogen-bond acceptors (Lipinski definition) is 4. The van der Waals surface area contributed by atoms with Crippen LogP contribution in [0, 0.1) is 0 Å². The molecule has 0 saturated carbocycles. The number of thioether (sulfide) groups is 1. The highest BCUT2D eigenvalue weighted by molar-refractivity contribution is 7.99. The van der Waals surface area contributed by atoms with Gasteiger partial charge in [0.05, 0.1) is 4.90 Å². The van der Waals surface area contributed by atoms with Crippen LogP contribution >= 0.6 is 11.8 Å². The third-order valence-corrected chi connectivity index (χ3v) is 12.5. The van der Waals surface area contributed by atoms with Crippen LogP contribution in [0.25, 0.3) is 12.2 Å². The number of sulfone groups is 1. The van der Waals surface area contributed by atoms with Crippen LogP contribution in [0.3, 0.4) is 0 Å². The summed E-state index contributed by atoms with van der Waals surface area (Å²) in [5, 5.41) is 10.4. The Balaban J connectivity index is 1.54. The SMILES string of the molecule is CCCCCCCCCCCCCCCCCCSc1ccc(C=Cc2ccc(S(=O)(=O)C(O)CCCCCCCCCC)cc2)cc1. The molecule has 0 fully saturated rings. The van der Waals surface area contributed by atoms with Crippen molar-refractivity contribution >= 4 is 33.8 Å². The molecular weight excluding hydrogens is 629 g/mol. The maximum absolute atomic E-state index is 12.9. The molecule has 2 aromatic rings. The average molecular weight is 699 g/mol. The molecule has 0 bridgehead atoms. The van der Waals surface area contributed by atoms with Gasteiger partial charge in [0.1, 0.15) is 0 Å². The summed E-state index contributed by atoms with van der Waals surface area (Å²) in [5.41, 5.74) is 0.729. The van der Waals surface area contributed by atoms with Crippen molar-refractivity contribution in [2.45, 2.75) is 190 Å². The topological polar surface area (TPSA) is 54.4 Å². The molecule has 48 heavy (non-hydrogen) atoms. The number of unbranched alkanes of at least 4 members (excludes halogenated alkanes) is 22. The van der Waals surface area contributed by atoms with E-state index < -0.39 is 15.3 Å². The van der Waals surface area contributed by atoms with E-state index in [1.807, 2.05) is 30.0 Å². The molecule has 0 radical (unpaired) electrons. The second-order valence-corrected chi connectivity index (χ2v) is 17.2. The lowest BCUT2D eigenvalue weighted by molar-refractivity contribution is 0.233. The summed E-state index contributed by atoms with van der Waals surface area (Å²) >= 11 is 1.95. The van der Waals surface area contributed by atoms with Gasteiger partial charge in [0.15, 0.2) is 5.44 Å². The minimum Gasteiger partial charge on any atom is -0.377 e. The zero-order chi connectivity index (χ0) is 34.5. The fraction of sp³-hybridized carbons (Fsp3) is 0.674. The van der Waals surface area contributed by atoms with Crippen molar-refractivity contribution in [2.24, 2.45) is 0 Å². The van der Waals surface area contributed by atoms with Gasteiger partial charge in [-0.05, 0) is 60.4 Å². The van der Waals surface area contributed by atoms with Gasteiger partial charge < -0.3 is 5.11 Å². The maximum Gasteiger partial charge on any atom is 0.204 e. The fourth-order valence-electron chi connectivity index (χ4n) is 6.24. The summed E-state index contributed by atoms with van der Waals surface area (Å²) in [6.07, 6.45) is 35.9. The molecule has 0 heterocycles. The Morgan fingerprint density at radius 2 is 0.875 bits per heavy atom. The van der Waals surface area contributed by atoms with Gasteiger partial charge >= 0.3 is 0 Å². The Kier molecular flexibility index (Phi) is 25.0. The first kappa shape index (κ1) is 42.6. The Labute approximate surface area is 301 Å². The van der Waals surface area contributed by atoms with Crippen LogP contribution in [0.1, 0.15) is 185 Å². The van der Waals surface area contributed by atoms with Crippen molar-refractivity contribution in [2.75, 3.05) is 5.75 Å². The minimum absolute atomic E-state index is 0.192. The number of aliphatic hydroxyl groups is 1. The first-order valence-electron chi connectivity index (χ1n) is 19.9. The molecule has 1 unspecified atom stereocenters. The molecule has 5 heteroatoms. The molecule has 1 N–H and O–H groups in total. The Morgan fingerprint density at radius 3 is 1.29 bits per heavy atom. The smallest absolute Gasteiger partial charge is 0.204 e. The molecule has 0 aliphatic carbocycles. The van der Waals surface area contributed by atoms with Crippen LogP contribution < -0.4 is 0 Å². The van der Waals surface area contributed by atoms with E-state index >= 15 is 0 Å². The molecule has 0 aliphatic heterocycles. The van der Waals surface area contributed by atoms with Crippen LogP contribution in [0.4, 0.5) is 0 Å². The van der Waals surface area contributed by atoms with Crippen molar-refractivity contribution < 1.29 is 13.5 Å². The van der Waals surface area contributed by atoms with E-state index in [-0.39, 0.29) is 4.90 Å². The predicted octanol–water partition coefficient (Wildman–Crippen LogP) is 13.8. The highest BCUT2D eigenvalue weighted by Crippen LogP contribution is 2.23. The largest absolute Gasteiger partial charge is 0.377 e. The zero-order valence-corrected chi connectivity index (χ0v) is 32.4. The molecule has 2 rings (SSSR count). The molecule has 0 spiro atoms. The Hall–Kier alpha value is -1.56. The first-order chi connectivity index (χ1) is 23.5. The van der Waals surface area contributed by atoms with Gasteiger partial charge in [-0.3, -0.25) is 0 Å². The molecule has 0 saturated heterocycles. The minimum atomic E-state index is -3.73. The van der Waals surface area contributed by atoms with E-state index in [0.717, 1.165) is 30.4 Å². The van der Waals surface area contributed by atoms with Crippen LogP contribution in [0.5, 0.6) is 0 Å². The molecule has 0 amide bonds. The standard InChI is InChI=1S/C43H70O3S2/c1-3-5-7-9-11-13-14-15-16-17-18-19-20-22-24-26-38-47-41-34-30-39(31-35-41)28-29-40-32-36-42(37-33-40)48(45,46)43(44)27-25-23-21-12-10-8-6-4-2/h28-37,43-44H,3-27,38H2,1-2H3. The van der Waals surface area contributed by atoms with Crippen LogP contribution in [-0.4, -0.2) is 24.7 Å². The quantitative estimate of drug-likeness (QED) is 0.0484. The van der Waals surface area contributed by atoms with Crippen molar-refractivity contribution in [3.63, 3.8) is 0 Å². The summed E-state index contributed by atoms with van der Waals surface area (Å²) in [5.74, 6) is 1.18. The van der Waals surface area contributed by atoms with Gasteiger partial charge in [-0.25, -0.2) is 8.42 Å². The third-order valence-electron chi connectivity index (χ3n) is 9.49. The lowest BCUT2D eigenvalue weighted by Crippen LogP contribution is -2.20. The Morgan fingerprint density at radius 1 is 0.521 bits per heavy atom. The van der Waals surface area contributed by atoms with E-state index in [2.05, 4.69) is 44.2 Å². The summed E-state index contributed by atoms with van der Waals surface area (Å²) in [4.78, 5) is 1.51. The normalized spacial score (nSPS) is 12.6. The number of hydrogen-bond donors (Lipinski definition) is 1. The van der Waals surface area contributed by atoms with Gasteiger partial charge in [0.25, 0.3) is 0 Å². The third kappa shape index (κ3) is 20.2. The molecule has 0 aromatic heterocycles. The van der Waals surface area contributed by atoms with Crippen molar-refractivity contribution in [1.29, 1.82) is 0 Å². The van der Waals surface area contributed by atoms with E-state index in [1.54, 1.807) is 12.1 Å². The monoisotopic (exact) mass is 698 g/mol. The van der Waals surface area contributed by atoms with Gasteiger partial charge in [0.2, 0.25) is 9.84 Å². The highest BCUT2D eigenvalue weighted by Gasteiger charge is 2.24. The van der Waals surface area contributed by atoms with Crippen molar-refractivity contribution in [3.8, 4) is 0 Å². The summed E-state index contributed by atoms with van der Waals surface area (Å²) in [6.45, 7) is 4.50. The van der Waals surface area contributed by atoms with E-state index in [1.165, 1.54) is 145 Å². The lowest BCUT2D eigenvalue weighted by atomic mass is 10.0. The van der Waals surface area contributed by atoms with E-state index in [4.69, 9.17) is 0 Å². The molecular formula is C43H70O3S2. The summed E-state index contributed by atoms with van der Waals surface area (Å²) in [7, 11) is -3.73. The van der Waals surface area contributed by atoms with Crippen molar-refractivity contribution in [1.82, 2.24) is 0 Å². The second kappa shape index (κ2) is 28.2. The van der Waals surface area contributed by atoms with E-state index in [9.17, 15) is 13.5 Å². The van der Waals surface area contributed by atoms with Crippen molar-refractivity contribution in [3.05, 3.63) is 59.7 Å². The van der Waals surface area contributed by atoms with Gasteiger partial charge in [-0.2, -0.15) is 0 Å². The maximum atomic E-state index is 12.9. The zero-order valence-electron chi connectivity index (χ0n) is 30.8. The predicted molar refractivity (Wildman–Crippen MR) is 213 cm³/mol. The summed E-state index contributed by atoms with van der Waals surface area (Å²) in [6, 6.07) is 15.5. The number of rotatable bonds is 31. The molecule has 2 aromatic carbocycles. The first-order valence-corrected chi connectivity index (χ1v) is 22.4. The average Bonchev–Trinajstić information content (AvgIpc) is 3.10. The van der Waals surface area contributed by atoms with Crippen LogP contribution in [0.15, 0.2) is 58.3 Å². The summed E-state index contributed by atoms with van der Waals surface area (Å²) < 4.78 is 25.7. The molecule has 272 valence electrons. The van der Waals surface area contributed by atoms with Crippen LogP contribution in [-0.2, 0) is 9.84 Å². The lowest BCUT2D eigenvalue weighted by Gasteiger charge is -2.12. The van der Waals surface area contributed by atoms with Crippen LogP contribution in [0.2, 0.25) is 0 Å². The van der Waals surface area contributed by atoms with Gasteiger partial charge in [0, 0.05) is 4.90 Å². The molecule has 3 nitrogen and oxygen atoms in total. The molecule has 1 atom stereocenters. The van der Waals surface area contributed by atoms with Gasteiger partial charge in [-0.1, -0.05) is 192 Å². The number of aliphatic hydroxyl groups excluding tert-OH is 1. The molecule has 0 aliphatic rings. The fourth-order valence-corrected chi connectivity index (χ4v) is 8.46. The van der Waals surface area contributed by atoms with E-state index in [0.29, 0.717) is 6.42 Å². The number of benzene rings is 2.